The molecule has 4 heteroatoms. The zero-order valence-electron chi connectivity index (χ0n) is 16.1. The van der Waals surface area contributed by atoms with Crippen LogP contribution in [0.5, 0.6) is 0 Å². The lowest BCUT2D eigenvalue weighted by Gasteiger charge is -2.18. The van der Waals surface area contributed by atoms with Gasteiger partial charge in [0.25, 0.3) is 0 Å². The first-order chi connectivity index (χ1) is 11.9. The van der Waals surface area contributed by atoms with Crippen molar-refractivity contribution in [2.24, 2.45) is 0 Å². The van der Waals surface area contributed by atoms with Gasteiger partial charge in [-0.3, -0.25) is 4.79 Å². The van der Waals surface area contributed by atoms with Crippen LogP contribution in [0.1, 0.15) is 47.1 Å². The summed E-state index contributed by atoms with van der Waals surface area (Å²) in [5.41, 5.74) is 1.31. The molecule has 0 radical (unpaired) electrons. The van der Waals surface area contributed by atoms with Gasteiger partial charge >= 0.3 is 0 Å². The van der Waals surface area contributed by atoms with E-state index < -0.39 is 5.60 Å². The summed E-state index contributed by atoms with van der Waals surface area (Å²) in [5, 5.41) is 0.589. The number of allylic oxidation sites excluding steroid dienone is 4. The maximum Gasteiger partial charge on any atom is 0.210 e. The number of hydrogen-bond acceptors (Lipinski definition) is 3. The Hall–Kier alpha value is -1.45. The number of thioether (sulfide) groups is 1. The van der Waals surface area contributed by atoms with Crippen molar-refractivity contribution in [3.8, 4) is 0 Å². The van der Waals surface area contributed by atoms with Crippen LogP contribution in [-0.2, 0) is 9.53 Å². The Morgan fingerprint density at radius 3 is 2.36 bits per heavy atom. The van der Waals surface area contributed by atoms with Gasteiger partial charge in [-0.15, -0.1) is 11.8 Å². The van der Waals surface area contributed by atoms with Crippen molar-refractivity contribution < 1.29 is 9.53 Å². The lowest BCUT2D eigenvalue weighted by atomic mass is 9.92. The van der Waals surface area contributed by atoms with Crippen molar-refractivity contribution in [2.45, 2.75) is 52.0 Å². The highest BCUT2D eigenvalue weighted by Crippen LogP contribution is 2.42. The Kier molecular flexibility index (Phi) is 8.04. The third-order valence-corrected chi connectivity index (χ3v) is 4.76. The molecular weight excluding hydrogens is 352 g/mol. The second-order valence-electron chi connectivity index (χ2n) is 5.74. The maximum absolute atomic E-state index is 12.8. The van der Waals surface area contributed by atoms with Crippen LogP contribution in [0.3, 0.4) is 0 Å². The first-order valence-corrected chi connectivity index (χ1v) is 10.1. The fourth-order valence-corrected chi connectivity index (χ4v) is 3.29. The Labute approximate surface area is 161 Å². The minimum Gasteiger partial charge on any atom is -0.478 e. The Morgan fingerprint density at radius 2 is 1.88 bits per heavy atom. The fraction of sp³-hybridized carbons (Fsp3) is 0.381. The van der Waals surface area contributed by atoms with Crippen LogP contribution in [0, 0.1) is 0 Å². The van der Waals surface area contributed by atoms with Crippen LogP contribution in [-0.4, -0.2) is 17.6 Å². The van der Waals surface area contributed by atoms with Gasteiger partial charge in [-0.2, -0.15) is 0 Å². The predicted molar refractivity (Wildman–Crippen MR) is 110 cm³/mol. The summed E-state index contributed by atoms with van der Waals surface area (Å²) in [6, 6.07) is 5.80. The molecule has 0 spiro atoms. The Morgan fingerprint density at radius 1 is 1.24 bits per heavy atom. The molecule has 1 aliphatic rings. The van der Waals surface area contributed by atoms with E-state index >= 15 is 0 Å². The number of halogens is 1. The van der Waals surface area contributed by atoms with Crippen LogP contribution < -0.4 is 0 Å². The molecule has 0 atom stereocenters. The SMILES string of the molecule is C/C=C\C(=C/C)C1=C(c2ccc(SC)cc2Cl)OC(C)(C)C1=O.CC. The largest absolute Gasteiger partial charge is 0.478 e. The van der Waals surface area contributed by atoms with Gasteiger partial charge < -0.3 is 4.74 Å². The molecule has 1 aromatic carbocycles. The zero-order chi connectivity index (χ0) is 19.2. The maximum atomic E-state index is 12.8. The molecule has 1 heterocycles. The highest BCUT2D eigenvalue weighted by atomic mass is 35.5. The van der Waals surface area contributed by atoms with Gasteiger partial charge in [0.05, 0.1) is 10.6 Å². The van der Waals surface area contributed by atoms with E-state index in [1.54, 1.807) is 25.6 Å². The summed E-state index contributed by atoms with van der Waals surface area (Å²) in [5.74, 6) is 0.535. The minimum absolute atomic E-state index is 0.0243. The fourth-order valence-electron chi connectivity index (χ4n) is 2.52. The van der Waals surface area contributed by atoms with Crippen molar-refractivity contribution >= 4 is 34.9 Å². The predicted octanol–water partition coefficient (Wildman–Crippen LogP) is 6.70. The molecule has 0 unspecified atom stereocenters. The third kappa shape index (κ3) is 4.59. The number of ether oxygens (including phenoxy) is 1. The number of benzene rings is 1. The second kappa shape index (κ2) is 9.30. The summed E-state index contributed by atoms with van der Waals surface area (Å²) >= 11 is 8.07. The first kappa shape index (κ1) is 21.6. The smallest absolute Gasteiger partial charge is 0.210 e. The van der Waals surface area contributed by atoms with Gasteiger partial charge in [0.1, 0.15) is 5.76 Å². The lowest BCUT2D eigenvalue weighted by Crippen LogP contribution is -2.29. The van der Waals surface area contributed by atoms with E-state index in [2.05, 4.69) is 0 Å². The van der Waals surface area contributed by atoms with Gasteiger partial charge in [0.2, 0.25) is 5.78 Å². The van der Waals surface area contributed by atoms with Crippen LogP contribution in [0.25, 0.3) is 5.76 Å². The monoisotopic (exact) mass is 378 g/mol. The number of ketones is 1. The number of carbonyl (C=O) groups is 1. The van der Waals surface area contributed by atoms with Gasteiger partial charge in [-0.25, -0.2) is 0 Å². The van der Waals surface area contributed by atoms with Crippen LogP contribution in [0.2, 0.25) is 5.02 Å². The molecule has 0 saturated heterocycles. The molecule has 25 heavy (non-hydrogen) atoms. The molecule has 1 aromatic rings. The summed E-state index contributed by atoms with van der Waals surface area (Å²) in [6.07, 6.45) is 7.75. The topological polar surface area (TPSA) is 26.3 Å². The van der Waals surface area contributed by atoms with Crippen molar-refractivity contribution in [1.29, 1.82) is 0 Å². The summed E-state index contributed by atoms with van der Waals surface area (Å²) in [6.45, 7) is 11.4. The number of Topliss-reactive ketones (excluding diaryl/α,β-unsaturated/α-hetero) is 1. The van der Waals surface area contributed by atoms with Crippen LogP contribution in [0.15, 0.2) is 52.5 Å². The van der Waals surface area contributed by atoms with E-state index in [1.165, 1.54) is 0 Å². The molecule has 2 nitrogen and oxygen atoms in total. The van der Waals surface area contributed by atoms with E-state index in [4.69, 9.17) is 16.3 Å². The average Bonchev–Trinajstić information content (AvgIpc) is 2.84. The van der Waals surface area contributed by atoms with E-state index in [0.29, 0.717) is 16.4 Å². The highest BCUT2D eigenvalue weighted by Gasteiger charge is 2.43. The summed E-state index contributed by atoms with van der Waals surface area (Å²) < 4.78 is 6.01. The minimum atomic E-state index is -0.887. The van der Waals surface area contributed by atoms with Crippen molar-refractivity contribution in [3.63, 3.8) is 0 Å². The van der Waals surface area contributed by atoms with Crippen molar-refractivity contribution in [3.05, 3.63) is 58.2 Å². The second-order valence-corrected chi connectivity index (χ2v) is 7.02. The number of hydrogen-bond donors (Lipinski definition) is 0. The summed E-state index contributed by atoms with van der Waals surface area (Å²) in [4.78, 5) is 13.9. The Bertz CT molecular complexity index is 727. The molecule has 136 valence electrons. The Balaban J connectivity index is 0.00000151. The molecular formula is C21H27ClO2S. The molecule has 0 amide bonds. The van der Waals surface area contributed by atoms with Gasteiger partial charge in [-0.1, -0.05) is 43.7 Å². The standard InChI is InChI=1S/C19H21ClO2S.C2H6/c1-6-8-12(7-2)16-17(22-19(3,4)18(16)21)14-10-9-13(23-5)11-15(14)20;1-2/h6-11H,1-5H3;1-2H3/b8-6-,12-7+;. The highest BCUT2D eigenvalue weighted by molar-refractivity contribution is 7.98. The van der Waals surface area contributed by atoms with E-state index in [1.807, 2.05) is 70.4 Å². The molecule has 0 aliphatic carbocycles. The van der Waals surface area contributed by atoms with Crippen LogP contribution in [0.4, 0.5) is 0 Å². The van der Waals surface area contributed by atoms with Crippen LogP contribution >= 0.6 is 23.4 Å². The molecule has 0 bridgehead atoms. The molecule has 2 rings (SSSR count). The van der Waals surface area contributed by atoms with Gasteiger partial charge in [-0.05, 0) is 57.7 Å². The van der Waals surface area contributed by atoms with E-state index in [-0.39, 0.29) is 5.78 Å². The number of rotatable bonds is 4. The van der Waals surface area contributed by atoms with E-state index in [9.17, 15) is 4.79 Å². The number of carbonyl (C=O) groups excluding carboxylic acids is 1. The van der Waals surface area contributed by atoms with Gasteiger partial charge in [0, 0.05) is 10.5 Å². The molecule has 0 saturated carbocycles. The lowest BCUT2D eigenvalue weighted by molar-refractivity contribution is -0.126. The first-order valence-electron chi connectivity index (χ1n) is 8.47. The van der Waals surface area contributed by atoms with Gasteiger partial charge in [0.15, 0.2) is 5.60 Å². The quantitative estimate of drug-likeness (QED) is 0.430. The zero-order valence-corrected chi connectivity index (χ0v) is 17.6. The van der Waals surface area contributed by atoms with Crippen molar-refractivity contribution in [1.82, 2.24) is 0 Å². The normalized spacial score (nSPS) is 16.8. The molecule has 0 fully saturated rings. The average molecular weight is 379 g/mol. The summed E-state index contributed by atoms with van der Waals surface area (Å²) in [7, 11) is 0. The molecule has 0 aromatic heterocycles. The third-order valence-electron chi connectivity index (χ3n) is 3.72. The molecule has 0 N–H and O–H groups in total. The van der Waals surface area contributed by atoms with Crippen molar-refractivity contribution in [2.75, 3.05) is 6.26 Å². The van der Waals surface area contributed by atoms with E-state index in [0.717, 1.165) is 16.0 Å². The molecule has 1 aliphatic heterocycles.